The molecule has 2 aromatic rings. The van der Waals surface area contributed by atoms with Crippen LogP contribution in [0.2, 0.25) is 0 Å². The van der Waals surface area contributed by atoms with Gasteiger partial charge >= 0.3 is 0 Å². The highest BCUT2D eigenvalue weighted by molar-refractivity contribution is 5.58. The van der Waals surface area contributed by atoms with Crippen LogP contribution in [-0.4, -0.2) is 9.55 Å². The molecular formula is C15H19FN2. The second-order valence-corrected chi connectivity index (χ2v) is 5.06. The molecule has 0 atom stereocenters. The van der Waals surface area contributed by atoms with Crippen LogP contribution in [0.3, 0.4) is 0 Å². The number of nitrogens with zero attached hydrogens (tertiary/aromatic N) is 2. The Kier molecular flexibility index (Phi) is 3.24. The standard InChI is InChI=1S/C15H19FN2/c1-9(2)13-7-6-12(8-14(13)16)15-17-10(3)11(4)18(15)5/h6-9H,1-5H3. The number of aryl methyl sites for hydroxylation is 1. The van der Waals surface area contributed by atoms with E-state index in [1.807, 2.05) is 51.4 Å². The van der Waals surface area contributed by atoms with Gasteiger partial charge in [0.2, 0.25) is 0 Å². The monoisotopic (exact) mass is 246 g/mol. The van der Waals surface area contributed by atoms with E-state index in [4.69, 9.17) is 0 Å². The minimum atomic E-state index is -0.152. The fourth-order valence-corrected chi connectivity index (χ4v) is 2.11. The predicted molar refractivity (Wildman–Crippen MR) is 72.2 cm³/mol. The van der Waals surface area contributed by atoms with Gasteiger partial charge in [-0.3, -0.25) is 0 Å². The van der Waals surface area contributed by atoms with Crippen molar-refractivity contribution in [1.82, 2.24) is 9.55 Å². The van der Waals surface area contributed by atoms with Crippen molar-refractivity contribution < 1.29 is 4.39 Å². The second-order valence-electron chi connectivity index (χ2n) is 5.06. The van der Waals surface area contributed by atoms with Gasteiger partial charge in [-0.05, 0) is 31.4 Å². The van der Waals surface area contributed by atoms with Gasteiger partial charge in [-0.2, -0.15) is 0 Å². The first kappa shape index (κ1) is 12.8. The molecule has 0 bridgehead atoms. The largest absolute Gasteiger partial charge is 0.331 e. The molecule has 18 heavy (non-hydrogen) atoms. The van der Waals surface area contributed by atoms with Crippen LogP contribution >= 0.6 is 0 Å². The molecule has 3 heteroatoms. The molecule has 0 spiro atoms. The highest BCUT2D eigenvalue weighted by atomic mass is 19.1. The van der Waals surface area contributed by atoms with Gasteiger partial charge in [-0.1, -0.05) is 26.0 Å². The van der Waals surface area contributed by atoms with Crippen molar-refractivity contribution in [3.8, 4) is 11.4 Å². The van der Waals surface area contributed by atoms with Crippen LogP contribution in [-0.2, 0) is 7.05 Å². The van der Waals surface area contributed by atoms with E-state index in [9.17, 15) is 4.39 Å². The summed E-state index contributed by atoms with van der Waals surface area (Å²) in [6, 6.07) is 5.38. The number of hydrogen-bond donors (Lipinski definition) is 0. The molecule has 0 N–H and O–H groups in total. The fourth-order valence-electron chi connectivity index (χ4n) is 2.11. The van der Waals surface area contributed by atoms with Gasteiger partial charge in [-0.15, -0.1) is 0 Å². The molecule has 1 heterocycles. The summed E-state index contributed by atoms with van der Waals surface area (Å²) >= 11 is 0. The van der Waals surface area contributed by atoms with Gasteiger partial charge in [0.15, 0.2) is 0 Å². The molecule has 0 fully saturated rings. The van der Waals surface area contributed by atoms with Gasteiger partial charge in [0.05, 0.1) is 5.69 Å². The second kappa shape index (κ2) is 4.56. The quantitative estimate of drug-likeness (QED) is 0.784. The van der Waals surface area contributed by atoms with Crippen molar-refractivity contribution in [2.75, 3.05) is 0 Å². The van der Waals surface area contributed by atoms with Crippen LogP contribution < -0.4 is 0 Å². The summed E-state index contributed by atoms with van der Waals surface area (Å²) in [7, 11) is 1.96. The van der Waals surface area contributed by atoms with E-state index >= 15 is 0 Å². The normalized spacial score (nSPS) is 11.3. The maximum atomic E-state index is 14.0. The van der Waals surface area contributed by atoms with E-state index in [1.165, 1.54) is 0 Å². The Balaban J connectivity index is 2.52. The van der Waals surface area contributed by atoms with Crippen molar-refractivity contribution in [2.45, 2.75) is 33.6 Å². The smallest absolute Gasteiger partial charge is 0.140 e. The van der Waals surface area contributed by atoms with Crippen molar-refractivity contribution in [1.29, 1.82) is 0 Å². The van der Waals surface area contributed by atoms with E-state index in [0.717, 1.165) is 28.3 Å². The van der Waals surface area contributed by atoms with Crippen molar-refractivity contribution >= 4 is 0 Å². The molecule has 0 aliphatic heterocycles. The first-order valence-electron chi connectivity index (χ1n) is 6.21. The lowest BCUT2D eigenvalue weighted by atomic mass is 10.0. The molecule has 1 aromatic heterocycles. The highest BCUT2D eigenvalue weighted by Crippen LogP contribution is 2.26. The number of rotatable bonds is 2. The lowest BCUT2D eigenvalue weighted by molar-refractivity contribution is 0.598. The molecule has 96 valence electrons. The molecule has 0 unspecified atom stereocenters. The molecule has 0 amide bonds. The molecule has 2 rings (SSSR count). The highest BCUT2D eigenvalue weighted by Gasteiger charge is 2.13. The average molecular weight is 246 g/mol. The molecule has 0 saturated carbocycles. The molecule has 0 aliphatic carbocycles. The van der Waals surface area contributed by atoms with Crippen LogP contribution in [0.1, 0.15) is 36.7 Å². The molecular weight excluding hydrogens is 227 g/mol. The van der Waals surface area contributed by atoms with E-state index in [2.05, 4.69) is 4.98 Å². The summed E-state index contributed by atoms with van der Waals surface area (Å²) in [5, 5.41) is 0. The van der Waals surface area contributed by atoms with Gasteiger partial charge in [0, 0.05) is 18.3 Å². The van der Waals surface area contributed by atoms with Gasteiger partial charge in [0.1, 0.15) is 11.6 Å². The lowest BCUT2D eigenvalue weighted by Gasteiger charge is -2.09. The average Bonchev–Trinajstić information content (AvgIpc) is 2.56. The van der Waals surface area contributed by atoms with Crippen molar-refractivity contribution in [2.24, 2.45) is 7.05 Å². The van der Waals surface area contributed by atoms with Crippen molar-refractivity contribution in [3.63, 3.8) is 0 Å². The minimum Gasteiger partial charge on any atom is -0.331 e. The minimum absolute atomic E-state index is 0.152. The topological polar surface area (TPSA) is 17.8 Å². The van der Waals surface area contributed by atoms with Gasteiger partial charge in [-0.25, -0.2) is 9.37 Å². The Hall–Kier alpha value is -1.64. The Morgan fingerprint density at radius 2 is 1.89 bits per heavy atom. The third kappa shape index (κ3) is 2.05. The van der Waals surface area contributed by atoms with E-state index in [0.29, 0.717) is 0 Å². The molecule has 0 aliphatic rings. The zero-order chi connectivity index (χ0) is 13.4. The fraction of sp³-hybridized carbons (Fsp3) is 0.400. The maximum Gasteiger partial charge on any atom is 0.140 e. The SMILES string of the molecule is Cc1nc(-c2ccc(C(C)C)c(F)c2)n(C)c1C. The van der Waals surface area contributed by atoms with Gasteiger partial charge < -0.3 is 4.57 Å². The number of hydrogen-bond acceptors (Lipinski definition) is 1. The molecule has 1 aromatic carbocycles. The maximum absolute atomic E-state index is 14.0. The number of benzene rings is 1. The number of halogens is 1. The summed E-state index contributed by atoms with van der Waals surface area (Å²) in [5.74, 6) is 0.865. The molecule has 0 saturated heterocycles. The molecule has 0 radical (unpaired) electrons. The summed E-state index contributed by atoms with van der Waals surface area (Å²) in [4.78, 5) is 4.49. The van der Waals surface area contributed by atoms with E-state index in [1.54, 1.807) is 6.07 Å². The third-order valence-electron chi connectivity index (χ3n) is 3.50. The summed E-state index contributed by atoms with van der Waals surface area (Å²) in [6.07, 6.45) is 0. The first-order chi connectivity index (χ1) is 8.41. The lowest BCUT2D eigenvalue weighted by Crippen LogP contribution is -1.97. The van der Waals surface area contributed by atoms with Gasteiger partial charge in [0.25, 0.3) is 0 Å². The van der Waals surface area contributed by atoms with Crippen LogP contribution in [0.4, 0.5) is 4.39 Å². The first-order valence-corrected chi connectivity index (χ1v) is 6.21. The zero-order valence-electron chi connectivity index (χ0n) is 11.6. The summed E-state index contributed by atoms with van der Waals surface area (Å²) in [5.41, 5.74) is 3.68. The number of imidazole rings is 1. The van der Waals surface area contributed by atoms with Crippen LogP contribution in [0.25, 0.3) is 11.4 Å². The van der Waals surface area contributed by atoms with Crippen LogP contribution in [0.5, 0.6) is 0 Å². The third-order valence-corrected chi connectivity index (χ3v) is 3.50. The summed E-state index contributed by atoms with van der Waals surface area (Å²) in [6.45, 7) is 7.97. The van der Waals surface area contributed by atoms with Crippen LogP contribution in [0.15, 0.2) is 18.2 Å². The zero-order valence-corrected chi connectivity index (χ0v) is 11.6. The summed E-state index contributed by atoms with van der Waals surface area (Å²) < 4.78 is 16.0. The predicted octanol–water partition coefficient (Wildman–Crippen LogP) is 3.97. The molecule has 2 nitrogen and oxygen atoms in total. The van der Waals surface area contributed by atoms with Crippen molar-refractivity contribution in [3.05, 3.63) is 41.0 Å². The van der Waals surface area contributed by atoms with Crippen LogP contribution in [0, 0.1) is 19.7 Å². The number of aromatic nitrogens is 2. The van der Waals surface area contributed by atoms with E-state index < -0.39 is 0 Å². The Morgan fingerprint density at radius 3 is 2.33 bits per heavy atom. The Bertz CT molecular complexity index is 582. The Morgan fingerprint density at radius 1 is 1.22 bits per heavy atom. The van der Waals surface area contributed by atoms with E-state index in [-0.39, 0.29) is 11.7 Å². The Labute approximate surface area is 107 Å².